The van der Waals surface area contributed by atoms with Crippen LogP contribution in [0.15, 0.2) is 90.0 Å². The lowest BCUT2D eigenvalue weighted by Gasteiger charge is -2.32. The van der Waals surface area contributed by atoms with Gasteiger partial charge < -0.3 is 14.2 Å². The van der Waals surface area contributed by atoms with E-state index in [4.69, 9.17) is 9.72 Å². The number of hydrogen-bond acceptors (Lipinski definition) is 5. The van der Waals surface area contributed by atoms with Crippen molar-refractivity contribution in [2.45, 2.75) is 32.5 Å². The molecule has 0 unspecified atom stereocenters. The minimum atomic E-state index is -0.184. The summed E-state index contributed by atoms with van der Waals surface area (Å²) >= 11 is 0. The molecular weight excluding hydrogens is 478 g/mol. The minimum absolute atomic E-state index is 0.00840. The fraction of sp³-hybridized carbons (Fsp3) is 0.267. The number of likely N-dealkylation sites (tertiary alicyclic amines) is 1. The highest BCUT2D eigenvalue weighted by Crippen LogP contribution is 2.25. The Bertz CT molecular complexity index is 1630. The Morgan fingerprint density at radius 1 is 0.895 bits per heavy atom. The zero-order valence-corrected chi connectivity index (χ0v) is 21.1. The minimum Gasteiger partial charge on any atom is -0.486 e. The summed E-state index contributed by atoms with van der Waals surface area (Å²) in [5.74, 6) is 2.08. The molecule has 0 atom stereocenters. The Morgan fingerprint density at radius 2 is 1.61 bits per heavy atom. The molecule has 1 amide bonds. The second-order valence-electron chi connectivity index (χ2n) is 9.75. The van der Waals surface area contributed by atoms with Gasteiger partial charge in [-0.1, -0.05) is 42.5 Å². The third-order valence-electron chi connectivity index (χ3n) is 7.29. The summed E-state index contributed by atoms with van der Waals surface area (Å²) in [5.41, 5.74) is 2.51. The van der Waals surface area contributed by atoms with Crippen molar-refractivity contribution >= 4 is 27.8 Å². The monoisotopic (exact) mass is 507 g/mol. The van der Waals surface area contributed by atoms with Crippen LogP contribution >= 0.6 is 0 Å². The van der Waals surface area contributed by atoms with E-state index in [1.807, 2.05) is 65.6 Å². The van der Waals surface area contributed by atoms with Crippen LogP contribution in [0.3, 0.4) is 0 Å². The number of nitrogens with zero attached hydrogens (tertiary/aromatic N) is 5. The van der Waals surface area contributed by atoms with E-state index < -0.39 is 0 Å². The highest BCUT2D eigenvalue weighted by molar-refractivity contribution is 5.79. The molecule has 5 aromatic rings. The first-order valence-electron chi connectivity index (χ1n) is 13.0. The Hall–Kier alpha value is -4.46. The SMILES string of the molecule is O=C(Cn1cnc2ccccc2c1=O)N1CCC(Cn2c(COc3ccccc3)nc3ccccc32)CC1. The van der Waals surface area contributed by atoms with Gasteiger partial charge >= 0.3 is 0 Å². The zero-order valence-electron chi connectivity index (χ0n) is 21.1. The number of hydrogen-bond donors (Lipinski definition) is 0. The third-order valence-corrected chi connectivity index (χ3v) is 7.29. The second-order valence-corrected chi connectivity index (χ2v) is 9.75. The lowest BCUT2D eigenvalue weighted by molar-refractivity contribution is -0.133. The van der Waals surface area contributed by atoms with E-state index in [0.29, 0.717) is 36.5 Å². The first-order chi connectivity index (χ1) is 18.7. The van der Waals surface area contributed by atoms with Crippen molar-refractivity contribution in [2.75, 3.05) is 13.1 Å². The van der Waals surface area contributed by atoms with E-state index in [0.717, 1.165) is 42.0 Å². The number of amides is 1. The molecule has 2 aromatic heterocycles. The van der Waals surface area contributed by atoms with Crippen LogP contribution in [0.1, 0.15) is 18.7 Å². The number of fused-ring (bicyclic) bond motifs is 2. The quantitative estimate of drug-likeness (QED) is 0.329. The van der Waals surface area contributed by atoms with Crippen LogP contribution < -0.4 is 10.3 Å². The summed E-state index contributed by atoms with van der Waals surface area (Å²) in [6.45, 7) is 2.56. The first-order valence-corrected chi connectivity index (χ1v) is 13.0. The lowest BCUT2D eigenvalue weighted by Crippen LogP contribution is -2.42. The summed E-state index contributed by atoms with van der Waals surface area (Å²) in [5, 5.41) is 0.529. The molecule has 0 spiro atoms. The Kier molecular flexibility index (Phi) is 6.60. The van der Waals surface area contributed by atoms with Gasteiger partial charge in [-0.05, 0) is 55.2 Å². The van der Waals surface area contributed by atoms with Crippen molar-refractivity contribution in [2.24, 2.45) is 5.92 Å². The number of piperidine rings is 1. The van der Waals surface area contributed by atoms with Crippen LogP contribution in [0.25, 0.3) is 21.9 Å². The molecule has 6 rings (SSSR count). The highest BCUT2D eigenvalue weighted by atomic mass is 16.5. The smallest absolute Gasteiger partial charge is 0.261 e. The summed E-state index contributed by atoms with van der Waals surface area (Å²) in [6.07, 6.45) is 3.25. The van der Waals surface area contributed by atoms with Crippen molar-refractivity contribution < 1.29 is 9.53 Å². The molecule has 0 saturated carbocycles. The van der Waals surface area contributed by atoms with Gasteiger partial charge in [0.25, 0.3) is 5.56 Å². The van der Waals surface area contributed by atoms with E-state index in [9.17, 15) is 9.59 Å². The van der Waals surface area contributed by atoms with E-state index in [-0.39, 0.29) is 18.0 Å². The maximum absolute atomic E-state index is 13.0. The normalized spacial score (nSPS) is 14.3. The van der Waals surface area contributed by atoms with Gasteiger partial charge in [0.15, 0.2) is 0 Å². The standard InChI is InChI=1S/C30H29N5O3/c36-29(19-34-21-31-25-11-5-4-10-24(25)30(34)37)33-16-14-22(15-17-33)18-35-27-13-7-6-12-26(27)32-28(35)20-38-23-8-2-1-3-9-23/h1-13,21-22H,14-20H2. The molecule has 0 N–H and O–H groups in total. The second kappa shape index (κ2) is 10.5. The van der Waals surface area contributed by atoms with E-state index in [1.54, 1.807) is 12.1 Å². The molecule has 38 heavy (non-hydrogen) atoms. The average Bonchev–Trinajstić information content (AvgIpc) is 3.31. The van der Waals surface area contributed by atoms with Crippen LogP contribution in [-0.4, -0.2) is 43.0 Å². The Labute approximate surface area is 220 Å². The van der Waals surface area contributed by atoms with Crippen molar-refractivity contribution in [3.63, 3.8) is 0 Å². The van der Waals surface area contributed by atoms with Gasteiger partial charge in [-0.2, -0.15) is 0 Å². The third kappa shape index (κ3) is 4.89. The summed E-state index contributed by atoms with van der Waals surface area (Å²) in [7, 11) is 0. The average molecular weight is 508 g/mol. The van der Waals surface area contributed by atoms with Crippen LogP contribution in [0.4, 0.5) is 0 Å². The molecule has 0 bridgehead atoms. The molecule has 1 saturated heterocycles. The number of rotatable bonds is 7. The highest BCUT2D eigenvalue weighted by Gasteiger charge is 2.25. The number of aromatic nitrogens is 4. The number of imidazole rings is 1. The van der Waals surface area contributed by atoms with Gasteiger partial charge in [0.2, 0.25) is 5.91 Å². The van der Waals surface area contributed by atoms with Crippen molar-refractivity contribution in [1.29, 1.82) is 0 Å². The fourth-order valence-corrected chi connectivity index (χ4v) is 5.19. The zero-order chi connectivity index (χ0) is 25.9. The van der Waals surface area contributed by atoms with E-state index in [1.165, 1.54) is 10.9 Å². The molecule has 1 aliphatic rings. The van der Waals surface area contributed by atoms with Crippen LogP contribution in [0.5, 0.6) is 5.75 Å². The van der Waals surface area contributed by atoms with Gasteiger partial charge in [0.1, 0.15) is 24.7 Å². The number of ether oxygens (including phenoxy) is 1. The van der Waals surface area contributed by atoms with Crippen molar-refractivity contribution in [3.05, 3.63) is 101 Å². The fourth-order valence-electron chi connectivity index (χ4n) is 5.19. The molecule has 1 aliphatic heterocycles. The van der Waals surface area contributed by atoms with Gasteiger partial charge in [-0.15, -0.1) is 0 Å². The summed E-state index contributed by atoms with van der Waals surface area (Å²) < 4.78 is 9.70. The lowest BCUT2D eigenvalue weighted by atomic mass is 9.96. The summed E-state index contributed by atoms with van der Waals surface area (Å²) in [6, 6.07) is 25.2. The first kappa shape index (κ1) is 23.9. The van der Waals surface area contributed by atoms with E-state index >= 15 is 0 Å². The molecule has 0 radical (unpaired) electrons. The molecule has 1 fully saturated rings. The van der Waals surface area contributed by atoms with E-state index in [2.05, 4.69) is 15.6 Å². The Balaban J connectivity index is 1.11. The number of para-hydroxylation sites is 4. The summed E-state index contributed by atoms with van der Waals surface area (Å²) in [4.78, 5) is 36.9. The molecule has 3 aromatic carbocycles. The van der Waals surface area contributed by atoms with Gasteiger partial charge in [0, 0.05) is 19.6 Å². The molecule has 8 nitrogen and oxygen atoms in total. The Morgan fingerprint density at radius 3 is 2.42 bits per heavy atom. The van der Waals surface area contributed by atoms with Gasteiger partial charge in [0.05, 0.1) is 28.3 Å². The topological polar surface area (TPSA) is 82.2 Å². The predicted octanol–water partition coefficient (Wildman–Crippen LogP) is 4.26. The molecule has 8 heteroatoms. The molecule has 3 heterocycles. The van der Waals surface area contributed by atoms with Gasteiger partial charge in [-0.3, -0.25) is 14.2 Å². The molecular formula is C30H29N5O3. The van der Waals surface area contributed by atoms with Crippen LogP contribution in [0, 0.1) is 5.92 Å². The largest absolute Gasteiger partial charge is 0.486 e. The van der Waals surface area contributed by atoms with Crippen LogP contribution in [0.2, 0.25) is 0 Å². The van der Waals surface area contributed by atoms with Crippen molar-refractivity contribution in [3.8, 4) is 5.75 Å². The van der Waals surface area contributed by atoms with Crippen molar-refractivity contribution in [1.82, 2.24) is 24.0 Å². The number of carbonyl (C=O) groups excluding carboxylic acids is 1. The molecule has 192 valence electrons. The predicted molar refractivity (Wildman–Crippen MR) is 146 cm³/mol. The number of carbonyl (C=O) groups is 1. The van der Waals surface area contributed by atoms with Crippen LogP contribution in [-0.2, 0) is 24.5 Å². The molecule has 0 aliphatic carbocycles. The maximum atomic E-state index is 13.0. The maximum Gasteiger partial charge on any atom is 0.261 e. The van der Waals surface area contributed by atoms with Gasteiger partial charge in [-0.25, -0.2) is 9.97 Å². The number of benzene rings is 3.